The number of nitrogens with one attached hydrogen (secondary N) is 1. The third kappa shape index (κ3) is 4.36. The summed E-state index contributed by atoms with van der Waals surface area (Å²) in [6, 6.07) is 21.7. The van der Waals surface area contributed by atoms with Crippen LogP contribution in [0.1, 0.15) is 11.1 Å². The molecule has 1 heterocycles. The van der Waals surface area contributed by atoms with Gasteiger partial charge >= 0.3 is 0 Å². The number of hydrogen-bond acceptors (Lipinski definition) is 2. The first-order chi connectivity index (χ1) is 10.4. The lowest BCUT2D eigenvalue weighted by Crippen LogP contribution is -2.29. The Balaban J connectivity index is 1.47. The molecule has 0 amide bonds. The van der Waals surface area contributed by atoms with Crippen LogP contribution in [-0.4, -0.2) is 23.5 Å². The van der Waals surface area contributed by atoms with Crippen LogP contribution in [0.3, 0.4) is 0 Å². The predicted octanol–water partition coefficient (Wildman–Crippen LogP) is 3.53. The van der Waals surface area contributed by atoms with Gasteiger partial charge in [0.05, 0.1) is 0 Å². The summed E-state index contributed by atoms with van der Waals surface area (Å²) in [7, 11) is 0. The van der Waals surface area contributed by atoms with Gasteiger partial charge in [-0.1, -0.05) is 72.4 Å². The Bertz CT molecular complexity index is 581. The van der Waals surface area contributed by atoms with Crippen LogP contribution in [0.25, 0.3) is 0 Å². The number of thioether (sulfide) groups is 1. The summed E-state index contributed by atoms with van der Waals surface area (Å²) in [5, 5.41) is 4.64. The van der Waals surface area contributed by atoms with Gasteiger partial charge in [0.1, 0.15) is 0 Å². The molecule has 3 heteroatoms. The second kappa shape index (κ2) is 7.32. The summed E-state index contributed by atoms with van der Waals surface area (Å²) in [5.74, 6) is 1.11. The zero-order chi connectivity index (χ0) is 14.3. The average molecular weight is 296 g/mol. The van der Waals surface area contributed by atoms with Crippen LogP contribution in [0.15, 0.2) is 65.7 Å². The van der Waals surface area contributed by atoms with Crippen molar-refractivity contribution in [1.29, 1.82) is 0 Å². The maximum atomic E-state index is 4.68. The minimum Gasteiger partial charge on any atom is -0.361 e. The van der Waals surface area contributed by atoms with E-state index in [1.165, 1.54) is 11.1 Å². The number of rotatable bonds is 5. The molecule has 21 heavy (non-hydrogen) atoms. The van der Waals surface area contributed by atoms with Gasteiger partial charge in [0.15, 0.2) is 5.17 Å². The molecule has 2 nitrogen and oxygen atoms in total. The second-order valence-corrected chi connectivity index (χ2v) is 6.27. The molecule has 1 saturated heterocycles. The van der Waals surface area contributed by atoms with Crippen molar-refractivity contribution < 1.29 is 0 Å². The molecule has 1 N–H and O–H groups in total. The standard InChI is InChI=1S/C18H20N2S/c1-3-7-15(8-4-1)11-12-19-18-20-17(14-21-18)13-16-9-5-2-6-10-16/h1-10,17H,11-14H2,(H,19,20). The molecular formula is C18H20N2S. The number of amidine groups is 1. The van der Waals surface area contributed by atoms with E-state index in [4.69, 9.17) is 0 Å². The molecule has 2 aromatic carbocycles. The largest absolute Gasteiger partial charge is 0.361 e. The molecule has 2 aromatic rings. The Morgan fingerprint density at radius 2 is 1.62 bits per heavy atom. The highest BCUT2D eigenvalue weighted by Crippen LogP contribution is 2.17. The van der Waals surface area contributed by atoms with Crippen molar-refractivity contribution in [3.8, 4) is 0 Å². The Hall–Kier alpha value is -1.74. The summed E-state index contributed by atoms with van der Waals surface area (Å²) in [6.07, 6.45) is 2.08. The molecule has 0 radical (unpaired) electrons. The molecule has 3 rings (SSSR count). The van der Waals surface area contributed by atoms with Crippen molar-refractivity contribution in [2.75, 3.05) is 12.3 Å². The smallest absolute Gasteiger partial charge is 0.156 e. The Kier molecular flexibility index (Phi) is 4.95. The number of benzene rings is 2. The van der Waals surface area contributed by atoms with Gasteiger partial charge in [0, 0.05) is 18.3 Å². The van der Waals surface area contributed by atoms with Crippen LogP contribution < -0.4 is 5.32 Å². The molecule has 0 aliphatic carbocycles. The lowest BCUT2D eigenvalue weighted by molar-refractivity contribution is 0.686. The first kappa shape index (κ1) is 14.2. The predicted molar refractivity (Wildman–Crippen MR) is 92.0 cm³/mol. The van der Waals surface area contributed by atoms with Crippen LogP contribution >= 0.6 is 11.8 Å². The molecule has 1 unspecified atom stereocenters. The van der Waals surface area contributed by atoms with Gasteiger partial charge in [0.2, 0.25) is 0 Å². The van der Waals surface area contributed by atoms with E-state index in [9.17, 15) is 0 Å². The average Bonchev–Trinajstić information content (AvgIpc) is 2.97. The lowest BCUT2D eigenvalue weighted by atomic mass is 10.1. The SMILES string of the molecule is c1ccc(CCN=C2NC(Cc3ccccc3)CS2)cc1. The maximum absolute atomic E-state index is 4.68. The topological polar surface area (TPSA) is 24.4 Å². The molecular weight excluding hydrogens is 276 g/mol. The molecule has 1 aliphatic heterocycles. The molecule has 1 aliphatic rings. The van der Waals surface area contributed by atoms with E-state index in [0.29, 0.717) is 6.04 Å². The van der Waals surface area contributed by atoms with Gasteiger partial charge in [-0.3, -0.25) is 4.99 Å². The summed E-state index contributed by atoms with van der Waals surface area (Å²) in [4.78, 5) is 4.68. The van der Waals surface area contributed by atoms with E-state index in [1.54, 1.807) is 0 Å². The van der Waals surface area contributed by atoms with Crippen molar-refractivity contribution in [2.45, 2.75) is 18.9 Å². The highest BCUT2D eigenvalue weighted by molar-refractivity contribution is 8.14. The first-order valence-electron chi connectivity index (χ1n) is 7.42. The Morgan fingerprint density at radius 1 is 0.952 bits per heavy atom. The van der Waals surface area contributed by atoms with Crippen molar-refractivity contribution >= 4 is 16.9 Å². The summed E-state index contributed by atoms with van der Waals surface area (Å²) in [6.45, 7) is 0.859. The lowest BCUT2D eigenvalue weighted by Gasteiger charge is -2.09. The van der Waals surface area contributed by atoms with Gasteiger partial charge in [0.25, 0.3) is 0 Å². The van der Waals surface area contributed by atoms with Crippen LogP contribution in [0.5, 0.6) is 0 Å². The zero-order valence-corrected chi connectivity index (χ0v) is 12.9. The van der Waals surface area contributed by atoms with Crippen LogP contribution in [0, 0.1) is 0 Å². The van der Waals surface area contributed by atoms with Crippen molar-refractivity contribution in [3.05, 3.63) is 71.8 Å². The van der Waals surface area contributed by atoms with E-state index in [-0.39, 0.29) is 0 Å². The van der Waals surface area contributed by atoms with E-state index >= 15 is 0 Å². The second-order valence-electron chi connectivity index (χ2n) is 5.26. The van der Waals surface area contributed by atoms with Crippen LogP contribution in [-0.2, 0) is 12.8 Å². The van der Waals surface area contributed by atoms with E-state index in [1.807, 2.05) is 11.8 Å². The molecule has 1 fully saturated rings. The summed E-state index contributed by atoms with van der Waals surface area (Å²) < 4.78 is 0. The quantitative estimate of drug-likeness (QED) is 0.913. The van der Waals surface area contributed by atoms with Crippen LogP contribution in [0.4, 0.5) is 0 Å². The minimum atomic E-state index is 0.507. The van der Waals surface area contributed by atoms with E-state index in [2.05, 4.69) is 71.0 Å². The normalized spacial score (nSPS) is 19.6. The molecule has 1 atom stereocenters. The van der Waals surface area contributed by atoms with Gasteiger partial charge in [-0.15, -0.1) is 0 Å². The summed E-state index contributed by atoms with van der Waals surface area (Å²) in [5.41, 5.74) is 2.74. The Morgan fingerprint density at radius 3 is 2.33 bits per heavy atom. The van der Waals surface area contributed by atoms with E-state index < -0.39 is 0 Å². The molecule has 0 bridgehead atoms. The summed E-state index contributed by atoms with van der Waals surface area (Å²) >= 11 is 1.84. The van der Waals surface area contributed by atoms with Crippen molar-refractivity contribution in [3.63, 3.8) is 0 Å². The first-order valence-corrected chi connectivity index (χ1v) is 8.40. The van der Waals surface area contributed by atoms with Gasteiger partial charge in [-0.2, -0.15) is 0 Å². The molecule has 0 spiro atoms. The van der Waals surface area contributed by atoms with E-state index in [0.717, 1.165) is 30.3 Å². The van der Waals surface area contributed by atoms with Crippen LogP contribution in [0.2, 0.25) is 0 Å². The fourth-order valence-corrected chi connectivity index (χ4v) is 3.46. The zero-order valence-electron chi connectivity index (χ0n) is 12.0. The van der Waals surface area contributed by atoms with Crippen molar-refractivity contribution in [2.24, 2.45) is 4.99 Å². The maximum Gasteiger partial charge on any atom is 0.156 e. The highest BCUT2D eigenvalue weighted by atomic mass is 32.2. The molecule has 0 saturated carbocycles. The fraction of sp³-hybridized carbons (Fsp3) is 0.278. The number of hydrogen-bond donors (Lipinski definition) is 1. The Labute approximate surface area is 130 Å². The third-order valence-electron chi connectivity index (χ3n) is 3.57. The van der Waals surface area contributed by atoms with Crippen molar-refractivity contribution in [1.82, 2.24) is 5.32 Å². The highest BCUT2D eigenvalue weighted by Gasteiger charge is 2.19. The van der Waals surface area contributed by atoms with Gasteiger partial charge < -0.3 is 5.32 Å². The molecule has 0 aromatic heterocycles. The third-order valence-corrected chi connectivity index (χ3v) is 4.66. The van der Waals surface area contributed by atoms with Gasteiger partial charge in [-0.25, -0.2) is 0 Å². The van der Waals surface area contributed by atoms with Gasteiger partial charge in [-0.05, 0) is 24.0 Å². The minimum absolute atomic E-state index is 0.507. The fourth-order valence-electron chi connectivity index (χ4n) is 2.47. The monoisotopic (exact) mass is 296 g/mol. The number of aliphatic imine (C=N–C) groups is 1. The molecule has 108 valence electrons. The number of nitrogens with zero attached hydrogens (tertiary/aromatic N) is 1.